The third kappa shape index (κ3) is 3.97. The summed E-state index contributed by atoms with van der Waals surface area (Å²) in [7, 11) is 1.49. The topological polar surface area (TPSA) is 93.8 Å². The number of ketones is 2. The predicted molar refractivity (Wildman–Crippen MR) is 139 cm³/mol. The molecule has 6 nitrogen and oxygen atoms in total. The van der Waals surface area contributed by atoms with Crippen molar-refractivity contribution in [1.29, 1.82) is 0 Å². The maximum Gasteiger partial charge on any atom is 0.311 e. The molecule has 2 aromatic rings. The van der Waals surface area contributed by atoms with E-state index in [-0.39, 0.29) is 45.7 Å². The first kappa shape index (κ1) is 25.2. The summed E-state index contributed by atoms with van der Waals surface area (Å²) in [6.07, 6.45) is 10.4. The van der Waals surface area contributed by atoms with Crippen LogP contribution in [0.3, 0.4) is 0 Å². The predicted octanol–water partition coefficient (Wildman–Crippen LogP) is 6.62. The van der Waals surface area contributed by atoms with Gasteiger partial charge in [-0.2, -0.15) is 0 Å². The molecule has 3 atom stereocenters. The highest BCUT2D eigenvalue weighted by Gasteiger charge is 2.55. The molecule has 0 bridgehead atoms. The molecule has 1 N–H and O–H groups in total. The zero-order valence-corrected chi connectivity index (χ0v) is 22.0. The van der Waals surface area contributed by atoms with Crippen LogP contribution in [0.4, 0.5) is 0 Å². The Morgan fingerprint density at radius 2 is 1.84 bits per heavy atom. The number of hydrogen-bond donors (Lipinski definition) is 1. The molecule has 6 heteroatoms. The van der Waals surface area contributed by atoms with E-state index in [0.717, 1.165) is 44.1 Å². The molecule has 1 aromatic heterocycles. The van der Waals surface area contributed by atoms with Crippen molar-refractivity contribution in [3.05, 3.63) is 64.5 Å². The Balaban J connectivity index is 1.48. The zero-order chi connectivity index (χ0) is 26.5. The number of aryl methyl sites for hydroxylation is 1. The molecule has 0 aliphatic heterocycles. The lowest BCUT2D eigenvalue weighted by Gasteiger charge is -2.54. The van der Waals surface area contributed by atoms with Crippen molar-refractivity contribution in [2.45, 2.75) is 65.7 Å². The SMILES string of the molecule is COC(=O)[C@@]1(C)CCC[C@]2(C)C(CCc3ccoc3-c3cc(O)cc4c3C(=O)C=CC4=O)=C(C)CC[C@@H]12. The van der Waals surface area contributed by atoms with Crippen molar-refractivity contribution in [2.24, 2.45) is 16.7 Å². The molecule has 3 aliphatic rings. The summed E-state index contributed by atoms with van der Waals surface area (Å²) in [5.41, 5.74) is 4.02. The van der Waals surface area contributed by atoms with Gasteiger partial charge in [-0.25, -0.2) is 0 Å². The molecule has 0 unspecified atom stereocenters. The second-order valence-corrected chi connectivity index (χ2v) is 11.3. The van der Waals surface area contributed by atoms with E-state index in [1.54, 1.807) is 6.26 Å². The monoisotopic (exact) mass is 502 g/mol. The first-order chi connectivity index (χ1) is 17.6. The third-order valence-corrected chi connectivity index (χ3v) is 9.25. The third-order valence-electron chi connectivity index (χ3n) is 9.25. The fourth-order valence-electron chi connectivity index (χ4n) is 7.47. The van der Waals surface area contributed by atoms with Crippen LogP contribution in [0.2, 0.25) is 0 Å². The molecular weight excluding hydrogens is 468 g/mol. The van der Waals surface area contributed by atoms with Gasteiger partial charge in [-0.1, -0.05) is 24.5 Å². The van der Waals surface area contributed by atoms with E-state index >= 15 is 0 Å². The van der Waals surface area contributed by atoms with Gasteiger partial charge in [0.15, 0.2) is 11.6 Å². The quantitative estimate of drug-likeness (QED) is 0.365. The number of allylic oxidation sites excluding steroid dienone is 4. The average Bonchev–Trinajstić information content (AvgIpc) is 3.33. The van der Waals surface area contributed by atoms with Crippen molar-refractivity contribution in [2.75, 3.05) is 7.11 Å². The van der Waals surface area contributed by atoms with E-state index in [2.05, 4.69) is 20.8 Å². The number of esters is 1. The van der Waals surface area contributed by atoms with Gasteiger partial charge < -0.3 is 14.3 Å². The molecule has 0 radical (unpaired) electrons. The first-order valence-electron chi connectivity index (χ1n) is 13.1. The van der Waals surface area contributed by atoms with Gasteiger partial charge in [-0.3, -0.25) is 14.4 Å². The maximum atomic E-state index is 12.9. The van der Waals surface area contributed by atoms with Gasteiger partial charge in [-0.05, 0) is 99.6 Å². The highest BCUT2D eigenvalue weighted by Crippen LogP contribution is 2.60. The highest BCUT2D eigenvalue weighted by atomic mass is 16.5. The number of benzene rings is 1. The van der Waals surface area contributed by atoms with E-state index < -0.39 is 5.41 Å². The summed E-state index contributed by atoms with van der Waals surface area (Å²) in [4.78, 5) is 38.1. The number of aromatic hydroxyl groups is 1. The van der Waals surface area contributed by atoms with E-state index in [9.17, 15) is 19.5 Å². The zero-order valence-electron chi connectivity index (χ0n) is 22.0. The van der Waals surface area contributed by atoms with Crippen molar-refractivity contribution in [3.63, 3.8) is 0 Å². The molecule has 0 spiro atoms. The number of hydrogen-bond acceptors (Lipinski definition) is 6. The van der Waals surface area contributed by atoms with Gasteiger partial charge in [0.25, 0.3) is 0 Å². The summed E-state index contributed by atoms with van der Waals surface area (Å²) in [6, 6.07) is 4.73. The van der Waals surface area contributed by atoms with Gasteiger partial charge in [0.05, 0.1) is 18.8 Å². The molecule has 194 valence electrons. The Bertz CT molecular complexity index is 1360. The molecule has 3 aliphatic carbocycles. The standard InChI is InChI=1S/C31H34O6/c1-18-6-11-26-30(2,13-5-14-31(26,3)29(35)36-4)23(18)8-7-19-12-15-37-28(19)22-17-20(32)16-21-24(33)9-10-25(34)27(21)22/h9-10,12,15-17,26,32H,5-8,11,13-14H2,1-4H3/t26-,30-,31+/m1/s1. The smallest absolute Gasteiger partial charge is 0.311 e. The number of phenols is 1. The van der Waals surface area contributed by atoms with E-state index in [0.29, 0.717) is 17.7 Å². The first-order valence-corrected chi connectivity index (χ1v) is 13.1. The summed E-state index contributed by atoms with van der Waals surface area (Å²) < 4.78 is 11.1. The number of fused-ring (bicyclic) bond motifs is 2. The van der Waals surface area contributed by atoms with Crippen LogP contribution in [0.25, 0.3) is 11.3 Å². The minimum absolute atomic E-state index is 0.0852. The highest BCUT2D eigenvalue weighted by molar-refractivity contribution is 6.24. The molecule has 5 rings (SSSR count). The van der Waals surface area contributed by atoms with Crippen molar-refractivity contribution in [3.8, 4) is 17.1 Å². The van der Waals surface area contributed by atoms with Crippen LogP contribution in [0.15, 0.2) is 52.2 Å². The summed E-state index contributed by atoms with van der Waals surface area (Å²) in [5.74, 6) is -0.0655. The number of carbonyl (C=O) groups excluding carboxylic acids is 3. The van der Waals surface area contributed by atoms with Crippen LogP contribution in [0, 0.1) is 16.7 Å². The van der Waals surface area contributed by atoms with Crippen LogP contribution in [0.1, 0.15) is 85.6 Å². The number of phenolic OH excluding ortho intramolecular Hbond substituents is 1. The Hall–Kier alpha value is -3.41. The number of carbonyl (C=O) groups is 3. The van der Waals surface area contributed by atoms with Crippen molar-refractivity contribution >= 4 is 17.5 Å². The van der Waals surface area contributed by atoms with E-state index in [1.807, 2.05) is 6.07 Å². The van der Waals surface area contributed by atoms with Gasteiger partial charge >= 0.3 is 5.97 Å². The Kier molecular flexibility index (Phi) is 6.25. The summed E-state index contributed by atoms with van der Waals surface area (Å²) in [6.45, 7) is 6.60. The van der Waals surface area contributed by atoms with Crippen molar-refractivity contribution in [1.82, 2.24) is 0 Å². The minimum atomic E-state index is -0.491. The lowest BCUT2D eigenvalue weighted by Crippen LogP contribution is -2.50. The second-order valence-electron chi connectivity index (χ2n) is 11.3. The van der Waals surface area contributed by atoms with Crippen molar-refractivity contribution < 1.29 is 28.6 Å². The molecule has 0 saturated heterocycles. The molecule has 1 aromatic carbocycles. The number of rotatable bonds is 5. The lowest BCUT2D eigenvalue weighted by atomic mass is 9.49. The van der Waals surface area contributed by atoms with Gasteiger partial charge in [0.1, 0.15) is 11.5 Å². The minimum Gasteiger partial charge on any atom is -0.508 e. The Morgan fingerprint density at radius 1 is 1.11 bits per heavy atom. The molecule has 1 fully saturated rings. The normalized spacial score (nSPS) is 27.2. The van der Waals surface area contributed by atoms with Crippen LogP contribution in [-0.4, -0.2) is 29.8 Å². The van der Waals surface area contributed by atoms with Crippen LogP contribution in [-0.2, 0) is 16.0 Å². The maximum absolute atomic E-state index is 12.9. The Morgan fingerprint density at radius 3 is 2.59 bits per heavy atom. The van der Waals surface area contributed by atoms with Crippen LogP contribution < -0.4 is 0 Å². The second kappa shape index (κ2) is 9.16. The number of ether oxygens (including phenoxy) is 1. The number of methoxy groups -OCH3 is 1. The summed E-state index contributed by atoms with van der Waals surface area (Å²) >= 11 is 0. The molecule has 1 heterocycles. The van der Waals surface area contributed by atoms with E-state index in [4.69, 9.17) is 9.15 Å². The van der Waals surface area contributed by atoms with Crippen LogP contribution in [0.5, 0.6) is 5.75 Å². The molecular formula is C31H34O6. The summed E-state index contributed by atoms with van der Waals surface area (Å²) in [5, 5.41) is 10.3. The largest absolute Gasteiger partial charge is 0.508 e. The van der Waals surface area contributed by atoms with Gasteiger partial charge in [-0.15, -0.1) is 0 Å². The van der Waals surface area contributed by atoms with E-state index in [1.165, 1.54) is 42.5 Å². The fraction of sp³-hybridized carbons (Fsp3) is 0.452. The van der Waals surface area contributed by atoms with Gasteiger partial charge in [0, 0.05) is 16.7 Å². The fourth-order valence-corrected chi connectivity index (χ4v) is 7.47. The lowest BCUT2D eigenvalue weighted by molar-refractivity contribution is -0.163. The van der Waals surface area contributed by atoms with Crippen LogP contribution >= 0.6 is 0 Å². The molecule has 1 saturated carbocycles. The Labute approximate surface area is 217 Å². The van der Waals surface area contributed by atoms with Gasteiger partial charge in [0.2, 0.25) is 0 Å². The molecule has 37 heavy (non-hydrogen) atoms. The number of furan rings is 1. The average molecular weight is 503 g/mol. The molecule has 0 amide bonds.